The van der Waals surface area contributed by atoms with E-state index < -0.39 is 0 Å². The second-order valence-corrected chi connectivity index (χ2v) is 4.46. The standard InChI is InChI=1S/C12H18N2O.C2H6/c1-9-6-11(4-5-13-9)15-12-7-10(8-12)14(2)3;1-2/h4-6,10,12H,7-8H2,1-3H3;1-2H3. The highest BCUT2D eigenvalue weighted by Gasteiger charge is 2.32. The van der Waals surface area contributed by atoms with Crippen LogP contribution in [0.3, 0.4) is 0 Å². The summed E-state index contributed by atoms with van der Waals surface area (Å²) < 4.78 is 5.84. The molecule has 0 amide bonds. The van der Waals surface area contributed by atoms with E-state index in [1.165, 1.54) is 0 Å². The molecule has 0 radical (unpaired) electrons. The molecule has 96 valence electrons. The molecule has 0 bridgehead atoms. The molecule has 1 heterocycles. The van der Waals surface area contributed by atoms with Crippen LogP contribution in [0.15, 0.2) is 18.3 Å². The van der Waals surface area contributed by atoms with Crippen molar-refractivity contribution in [2.24, 2.45) is 0 Å². The smallest absolute Gasteiger partial charge is 0.123 e. The molecule has 1 saturated carbocycles. The van der Waals surface area contributed by atoms with Crippen LogP contribution >= 0.6 is 0 Å². The third kappa shape index (κ3) is 4.00. The summed E-state index contributed by atoms with van der Waals surface area (Å²) in [7, 11) is 4.24. The Balaban J connectivity index is 0.000000686. The van der Waals surface area contributed by atoms with E-state index in [0.717, 1.165) is 24.3 Å². The third-order valence-electron chi connectivity index (χ3n) is 2.97. The van der Waals surface area contributed by atoms with Gasteiger partial charge in [-0.3, -0.25) is 4.98 Å². The fourth-order valence-electron chi connectivity index (χ4n) is 1.84. The molecule has 0 spiro atoms. The van der Waals surface area contributed by atoms with Crippen molar-refractivity contribution in [3.8, 4) is 5.75 Å². The van der Waals surface area contributed by atoms with Crippen molar-refractivity contribution in [1.82, 2.24) is 9.88 Å². The van der Waals surface area contributed by atoms with Gasteiger partial charge in [-0.05, 0) is 39.9 Å². The van der Waals surface area contributed by atoms with Crippen molar-refractivity contribution in [3.63, 3.8) is 0 Å². The number of aromatic nitrogens is 1. The van der Waals surface area contributed by atoms with Crippen molar-refractivity contribution in [1.29, 1.82) is 0 Å². The second kappa shape index (κ2) is 6.60. The SMILES string of the molecule is CC.Cc1cc(OC2CC(N(C)C)C2)ccn1. The van der Waals surface area contributed by atoms with Crippen LogP contribution in [0, 0.1) is 6.92 Å². The van der Waals surface area contributed by atoms with Crippen molar-refractivity contribution >= 4 is 0 Å². The Labute approximate surface area is 105 Å². The van der Waals surface area contributed by atoms with Crippen LogP contribution < -0.4 is 4.74 Å². The van der Waals surface area contributed by atoms with Crippen LogP contribution in [0.2, 0.25) is 0 Å². The molecule has 1 fully saturated rings. The zero-order chi connectivity index (χ0) is 12.8. The summed E-state index contributed by atoms with van der Waals surface area (Å²) in [6.07, 6.45) is 4.45. The van der Waals surface area contributed by atoms with E-state index in [9.17, 15) is 0 Å². The minimum atomic E-state index is 0.388. The van der Waals surface area contributed by atoms with Gasteiger partial charge in [0.2, 0.25) is 0 Å². The lowest BCUT2D eigenvalue weighted by Crippen LogP contribution is -2.46. The molecule has 1 aliphatic rings. The average Bonchev–Trinajstić information content (AvgIpc) is 2.25. The Kier molecular flexibility index (Phi) is 5.42. The molecule has 1 aromatic rings. The third-order valence-corrected chi connectivity index (χ3v) is 2.97. The van der Waals surface area contributed by atoms with Crippen molar-refractivity contribution < 1.29 is 4.74 Å². The van der Waals surface area contributed by atoms with Gasteiger partial charge in [-0.15, -0.1) is 0 Å². The lowest BCUT2D eigenvalue weighted by atomic mass is 9.88. The first kappa shape index (κ1) is 14.0. The Hall–Kier alpha value is -1.09. The molecule has 2 rings (SSSR count). The first-order chi connectivity index (χ1) is 8.15. The van der Waals surface area contributed by atoms with E-state index in [4.69, 9.17) is 4.74 Å². The molecule has 0 atom stereocenters. The fraction of sp³-hybridized carbons (Fsp3) is 0.643. The largest absolute Gasteiger partial charge is 0.490 e. The summed E-state index contributed by atoms with van der Waals surface area (Å²) in [5, 5.41) is 0. The first-order valence-electron chi connectivity index (χ1n) is 6.41. The summed E-state index contributed by atoms with van der Waals surface area (Å²) in [6, 6.07) is 4.61. The van der Waals surface area contributed by atoms with E-state index in [1.54, 1.807) is 6.20 Å². The molecule has 17 heavy (non-hydrogen) atoms. The van der Waals surface area contributed by atoms with Gasteiger partial charge >= 0.3 is 0 Å². The minimum Gasteiger partial charge on any atom is -0.490 e. The first-order valence-corrected chi connectivity index (χ1v) is 6.41. The quantitative estimate of drug-likeness (QED) is 0.807. The number of pyridine rings is 1. The maximum absolute atomic E-state index is 5.84. The van der Waals surface area contributed by atoms with Crippen molar-refractivity contribution in [2.75, 3.05) is 14.1 Å². The van der Waals surface area contributed by atoms with Gasteiger partial charge in [0, 0.05) is 24.0 Å². The topological polar surface area (TPSA) is 25.4 Å². The van der Waals surface area contributed by atoms with Gasteiger partial charge in [0.25, 0.3) is 0 Å². The Morgan fingerprint density at radius 1 is 1.29 bits per heavy atom. The van der Waals surface area contributed by atoms with Crippen LogP contribution in [0.4, 0.5) is 0 Å². The van der Waals surface area contributed by atoms with Gasteiger partial charge in [0.05, 0.1) is 0 Å². The van der Waals surface area contributed by atoms with E-state index >= 15 is 0 Å². The maximum Gasteiger partial charge on any atom is 0.123 e. The zero-order valence-electron chi connectivity index (χ0n) is 11.6. The number of hydrogen-bond donors (Lipinski definition) is 0. The summed E-state index contributed by atoms with van der Waals surface area (Å²) in [6.45, 7) is 5.98. The molecular weight excluding hydrogens is 212 g/mol. The molecule has 1 aromatic heterocycles. The van der Waals surface area contributed by atoms with Gasteiger partial charge in [-0.2, -0.15) is 0 Å². The van der Waals surface area contributed by atoms with Gasteiger partial charge < -0.3 is 9.64 Å². The van der Waals surface area contributed by atoms with Gasteiger partial charge in [0.1, 0.15) is 11.9 Å². The molecule has 0 aromatic carbocycles. The highest BCUT2D eigenvalue weighted by atomic mass is 16.5. The average molecular weight is 236 g/mol. The Bertz CT molecular complexity index is 333. The van der Waals surface area contributed by atoms with Crippen LogP contribution in [0.25, 0.3) is 0 Å². The zero-order valence-corrected chi connectivity index (χ0v) is 11.6. The maximum atomic E-state index is 5.84. The molecule has 0 saturated heterocycles. The normalized spacial score (nSPS) is 22.5. The highest BCUT2D eigenvalue weighted by Crippen LogP contribution is 2.28. The van der Waals surface area contributed by atoms with Gasteiger partial charge in [-0.1, -0.05) is 13.8 Å². The van der Waals surface area contributed by atoms with Gasteiger partial charge in [-0.25, -0.2) is 0 Å². The summed E-state index contributed by atoms with van der Waals surface area (Å²) in [5.41, 5.74) is 1.01. The highest BCUT2D eigenvalue weighted by molar-refractivity contribution is 5.22. The molecule has 0 unspecified atom stereocenters. The minimum absolute atomic E-state index is 0.388. The van der Waals surface area contributed by atoms with E-state index in [0.29, 0.717) is 12.1 Å². The fourth-order valence-corrected chi connectivity index (χ4v) is 1.84. The molecular formula is C14H24N2O. The van der Waals surface area contributed by atoms with Crippen molar-refractivity contribution in [2.45, 2.75) is 45.8 Å². The number of aryl methyl sites for hydroxylation is 1. The second-order valence-electron chi connectivity index (χ2n) is 4.46. The Morgan fingerprint density at radius 2 is 1.94 bits per heavy atom. The van der Waals surface area contributed by atoms with Crippen molar-refractivity contribution in [3.05, 3.63) is 24.0 Å². The number of rotatable bonds is 3. The number of hydrogen-bond acceptors (Lipinski definition) is 3. The number of ether oxygens (including phenoxy) is 1. The predicted octanol–water partition coefficient (Wildman–Crippen LogP) is 2.89. The molecule has 0 aliphatic heterocycles. The summed E-state index contributed by atoms with van der Waals surface area (Å²) in [4.78, 5) is 6.41. The monoisotopic (exact) mass is 236 g/mol. The van der Waals surface area contributed by atoms with E-state index in [-0.39, 0.29) is 0 Å². The van der Waals surface area contributed by atoms with Gasteiger partial charge in [0.15, 0.2) is 0 Å². The summed E-state index contributed by atoms with van der Waals surface area (Å²) >= 11 is 0. The molecule has 1 aliphatic carbocycles. The van der Waals surface area contributed by atoms with E-state index in [2.05, 4.69) is 24.0 Å². The number of nitrogens with zero attached hydrogens (tertiary/aromatic N) is 2. The van der Waals surface area contributed by atoms with Crippen LogP contribution in [0.1, 0.15) is 32.4 Å². The van der Waals surface area contributed by atoms with Crippen LogP contribution in [-0.2, 0) is 0 Å². The molecule has 3 nitrogen and oxygen atoms in total. The predicted molar refractivity (Wildman–Crippen MR) is 71.4 cm³/mol. The lowest BCUT2D eigenvalue weighted by molar-refractivity contribution is 0.0400. The molecule has 0 N–H and O–H groups in total. The Morgan fingerprint density at radius 3 is 2.47 bits per heavy atom. The lowest BCUT2D eigenvalue weighted by Gasteiger charge is -2.39. The molecule has 3 heteroatoms. The summed E-state index contributed by atoms with van der Waals surface area (Å²) in [5.74, 6) is 0.949. The van der Waals surface area contributed by atoms with E-state index in [1.807, 2.05) is 32.9 Å². The van der Waals surface area contributed by atoms with Crippen LogP contribution in [0.5, 0.6) is 5.75 Å². The van der Waals surface area contributed by atoms with Crippen LogP contribution in [-0.4, -0.2) is 36.1 Å².